The molecular weight excluding hydrogens is 482 g/mol. The summed E-state index contributed by atoms with van der Waals surface area (Å²) in [6, 6.07) is 14.7. The Morgan fingerprint density at radius 3 is 2.31 bits per heavy atom. The second kappa shape index (κ2) is 11.9. The smallest absolute Gasteiger partial charge is 0.261 e. The van der Waals surface area contributed by atoms with Crippen molar-refractivity contribution in [1.29, 1.82) is 0 Å². The molecular formula is C26H39N3O4S2. The fourth-order valence-corrected chi connectivity index (χ4v) is 6.62. The van der Waals surface area contributed by atoms with Crippen LogP contribution in [0.1, 0.15) is 44.2 Å². The van der Waals surface area contributed by atoms with Crippen molar-refractivity contribution in [2.75, 3.05) is 37.2 Å². The van der Waals surface area contributed by atoms with E-state index in [1.54, 1.807) is 34.6 Å². The highest BCUT2D eigenvalue weighted by atomic mass is 32.2. The van der Waals surface area contributed by atoms with Crippen molar-refractivity contribution in [1.82, 2.24) is 9.21 Å². The van der Waals surface area contributed by atoms with Crippen LogP contribution in [0.2, 0.25) is 0 Å². The van der Waals surface area contributed by atoms with E-state index >= 15 is 0 Å². The molecule has 0 saturated carbocycles. The van der Waals surface area contributed by atoms with Crippen molar-refractivity contribution < 1.29 is 16.8 Å². The Hall–Kier alpha value is -1.94. The van der Waals surface area contributed by atoms with Gasteiger partial charge in [0.1, 0.15) is 0 Å². The standard InChI is InChI=1S/C26H39N3O4S2/c1-5-15-28(20-23-13-16-29(17-14-23)34(4,30)31)22(3)18-24-7-6-8-25(19-24)27-35(32,33)26-11-9-21(2)10-12-26/h6-12,19,22-23,27H,5,13-18,20H2,1-4H3. The second-order valence-corrected chi connectivity index (χ2v) is 13.4. The van der Waals surface area contributed by atoms with Gasteiger partial charge >= 0.3 is 0 Å². The molecule has 1 unspecified atom stereocenters. The molecule has 3 rings (SSSR count). The molecule has 2 aromatic carbocycles. The largest absolute Gasteiger partial charge is 0.300 e. The van der Waals surface area contributed by atoms with Crippen LogP contribution in [-0.2, 0) is 26.5 Å². The Bertz CT molecular complexity index is 1170. The topological polar surface area (TPSA) is 86.8 Å². The summed E-state index contributed by atoms with van der Waals surface area (Å²) in [4.78, 5) is 2.74. The van der Waals surface area contributed by atoms with Gasteiger partial charge in [0.2, 0.25) is 10.0 Å². The molecule has 1 aliphatic rings. The van der Waals surface area contributed by atoms with E-state index in [4.69, 9.17) is 0 Å². The number of piperidine rings is 1. The zero-order valence-electron chi connectivity index (χ0n) is 21.3. The van der Waals surface area contributed by atoms with Gasteiger partial charge in [0.15, 0.2) is 0 Å². The lowest BCUT2D eigenvalue weighted by Crippen LogP contribution is -2.44. The zero-order valence-corrected chi connectivity index (χ0v) is 22.9. The number of hydrogen-bond donors (Lipinski definition) is 1. The van der Waals surface area contributed by atoms with Crippen molar-refractivity contribution in [3.8, 4) is 0 Å². The van der Waals surface area contributed by atoms with E-state index in [1.165, 1.54) is 6.26 Å². The molecule has 0 aliphatic carbocycles. The van der Waals surface area contributed by atoms with Crippen LogP contribution in [0.25, 0.3) is 0 Å². The van der Waals surface area contributed by atoms with Gasteiger partial charge in [0, 0.05) is 31.4 Å². The molecule has 7 nitrogen and oxygen atoms in total. The van der Waals surface area contributed by atoms with Crippen LogP contribution in [0, 0.1) is 12.8 Å². The summed E-state index contributed by atoms with van der Waals surface area (Å²) in [6.07, 6.45) is 4.91. The highest BCUT2D eigenvalue weighted by Gasteiger charge is 2.27. The van der Waals surface area contributed by atoms with Crippen molar-refractivity contribution in [3.05, 3.63) is 59.7 Å². The second-order valence-electron chi connectivity index (χ2n) is 9.77. The lowest BCUT2D eigenvalue weighted by atomic mass is 9.96. The van der Waals surface area contributed by atoms with Crippen molar-refractivity contribution in [2.24, 2.45) is 5.92 Å². The highest BCUT2D eigenvalue weighted by molar-refractivity contribution is 7.92. The third-order valence-electron chi connectivity index (χ3n) is 6.71. The molecule has 1 heterocycles. The molecule has 0 spiro atoms. The first kappa shape index (κ1) is 27.6. The van der Waals surface area contributed by atoms with Crippen LogP contribution >= 0.6 is 0 Å². The molecule has 1 fully saturated rings. The normalized spacial score (nSPS) is 16.9. The van der Waals surface area contributed by atoms with Crippen LogP contribution in [0.5, 0.6) is 0 Å². The summed E-state index contributed by atoms with van der Waals surface area (Å²) in [7, 11) is -6.75. The number of hydrogen-bond acceptors (Lipinski definition) is 5. The molecule has 9 heteroatoms. The first-order valence-electron chi connectivity index (χ1n) is 12.4. The minimum absolute atomic E-state index is 0.248. The van der Waals surface area contributed by atoms with Gasteiger partial charge in [-0.15, -0.1) is 0 Å². The zero-order chi connectivity index (χ0) is 25.6. The highest BCUT2D eigenvalue weighted by Crippen LogP contribution is 2.23. The number of nitrogens with zero attached hydrogens (tertiary/aromatic N) is 2. The van der Waals surface area contributed by atoms with Gasteiger partial charge < -0.3 is 4.90 Å². The van der Waals surface area contributed by atoms with Gasteiger partial charge in [-0.1, -0.05) is 36.8 Å². The molecule has 1 aliphatic heterocycles. The molecule has 1 atom stereocenters. The van der Waals surface area contributed by atoms with E-state index in [9.17, 15) is 16.8 Å². The number of aryl methyl sites for hydroxylation is 1. The van der Waals surface area contributed by atoms with Crippen LogP contribution in [-0.4, -0.2) is 64.5 Å². The Morgan fingerprint density at radius 1 is 1.06 bits per heavy atom. The van der Waals surface area contributed by atoms with E-state index in [0.29, 0.717) is 24.7 Å². The SMILES string of the molecule is CCCN(CC1CCN(S(C)(=O)=O)CC1)C(C)Cc1cccc(NS(=O)(=O)c2ccc(C)cc2)c1. The monoisotopic (exact) mass is 521 g/mol. The van der Waals surface area contributed by atoms with Gasteiger partial charge in [-0.25, -0.2) is 21.1 Å². The van der Waals surface area contributed by atoms with Crippen molar-refractivity contribution in [2.45, 2.75) is 57.4 Å². The Balaban J connectivity index is 1.63. The molecule has 194 valence electrons. The summed E-state index contributed by atoms with van der Waals surface area (Å²) in [5.41, 5.74) is 2.65. The van der Waals surface area contributed by atoms with Gasteiger partial charge in [0.05, 0.1) is 11.2 Å². The molecule has 1 N–H and O–H groups in total. The van der Waals surface area contributed by atoms with Gasteiger partial charge in [-0.2, -0.15) is 0 Å². The van der Waals surface area contributed by atoms with E-state index in [1.807, 2.05) is 25.1 Å². The summed E-state index contributed by atoms with van der Waals surface area (Å²) < 4.78 is 53.5. The van der Waals surface area contributed by atoms with Gasteiger partial charge in [0.25, 0.3) is 10.0 Å². The van der Waals surface area contributed by atoms with Crippen molar-refractivity contribution >= 4 is 25.7 Å². The van der Waals surface area contributed by atoms with E-state index in [2.05, 4.69) is 23.5 Å². The fourth-order valence-electron chi connectivity index (χ4n) is 4.70. The van der Waals surface area contributed by atoms with E-state index < -0.39 is 20.0 Å². The minimum atomic E-state index is -3.64. The number of anilines is 1. The molecule has 2 aromatic rings. The van der Waals surface area contributed by atoms with Crippen LogP contribution in [0.15, 0.2) is 53.4 Å². The number of nitrogens with one attached hydrogen (secondary N) is 1. The Labute approximate surface area is 211 Å². The molecule has 1 saturated heterocycles. The predicted octanol–water partition coefficient (Wildman–Crippen LogP) is 4.11. The first-order valence-corrected chi connectivity index (χ1v) is 15.7. The van der Waals surface area contributed by atoms with Crippen LogP contribution in [0.3, 0.4) is 0 Å². The van der Waals surface area contributed by atoms with Crippen LogP contribution in [0.4, 0.5) is 5.69 Å². The lowest BCUT2D eigenvalue weighted by molar-refractivity contribution is 0.146. The number of benzene rings is 2. The summed E-state index contributed by atoms with van der Waals surface area (Å²) in [6.45, 7) is 9.44. The van der Waals surface area contributed by atoms with E-state index in [-0.39, 0.29) is 10.9 Å². The Morgan fingerprint density at radius 2 is 1.71 bits per heavy atom. The lowest BCUT2D eigenvalue weighted by Gasteiger charge is -2.36. The maximum atomic E-state index is 12.8. The molecule has 0 bridgehead atoms. The van der Waals surface area contributed by atoms with Gasteiger partial charge in [-0.3, -0.25) is 4.72 Å². The molecule has 0 radical (unpaired) electrons. The Kier molecular flexibility index (Phi) is 9.37. The summed E-state index contributed by atoms with van der Waals surface area (Å²) in [5.74, 6) is 0.481. The minimum Gasteiger partial charge on any atom is -0.300 e. The van der Waals surface area contributed by atoms with E-state index in [0.717, 1.165) is 49.9 Å². The summed E-state index contributed by atoms with van der Waals surface area (Å²) >= 11 is 0. The first-order chi connectivity index (χ1) is 16.5. The predicted molar refractivity (Wildman–Crippen MR) is 143 cm³/mol. The number of sulfonamides is 2. The average Bonchev–Trinajstić information content (AvgIpc) is 2.79. The third-order valence-corrected chi connectivity index (χ3v) is 9.41. The maximum Gasteiger partial charge on any atom is 0.261 e. The molecule has 35 heavy (non-hydrogen) atoms. The quantitative estimate of drug-likeness (QED) is 0.481. The molecule has 0 amide bonds. The summed E-state index contributed by atoms with van der Waals surface area (Å²) in [5, 5.41) is 0. The number of rotatable bonds is 11. The molecule has 0 aromatic heterocycles. The fraction of sp³-hybridized carbons (Fsp3) is 0.538. The van der Waals surface area contributed by atoms with Crippen LogP contribution < -0.4 is 4.72 Å². The average molecular weight is 522 g/mol. The third kappa shape index (κ3) is 8.03. The van der Waals surface area contributed by atoms with Gasteiger partial charge in [-0.05, 0) is 81.8 Å². The maximum absolute atomic E-state index is 12.8. The van der Waals surface area contributed by atoms with Crippen molar-refractivity contribution in [3.63, 3.8) is 0 Å².